The highest BCUT2D eigenvalue weighted by Crippen LogP contribution is 2.20. The predicted octanol–water partition coefficient (Wildman–Crippen LogP) is 2.86. The molecule has 1 aromatic heterocycles. The summed E-state index contributed by atoms with van der Waals surface area (Å²) >= 11 is 0. The van der Waals surface area contributed by atoms with Crippen molar-refractivity contribution in [2.45, 2.75) is 19.8 Å². The quantitative estimate of drug-likeness (QED) is 0.787. The number of nitrogens with zero attached hydrogens (tertiary/aromatic N) is 1. The lowest BCUT2D eigenvalue weighted by molar-refractivity contribution is -0.117. The first kappa shape index (κ1) is 10.6. The highest BCUT2D eigenvalue weighted by atomic mass is 16.4. The number of hydrogen-bond donors (Lipinski definition) is 0. The second-order valence-electron chi connectivity index (χ2n) is 3.69. The molecule has 0 amide bonds. The number of oxazole rings is 1. The number of aryl methyl sites for hydroxylation is 1. The van der Waals surface area contributed by atoms with Crippen LogP contribution >= 0.6 is 0 Å². The highest BCUT2D eigenvalue weighted by molar-refractivity contribution is 5.75. The molecule has 0 saturated carbocycles. The van der Waals surface area contributed by atoms with E-state index in [1.165, 1.54) is 0 Å². The van der Waals surface area contributed by atoms with E-state index in [0.29, 0.717) is 18.7 Å². The van der Waals surface area contributed by atoms with Crippen LogP contribution in [-0.4, -0.2) is 10.8 Å². The van der Waals surface area contributed by atoms with Crippen LogP contribution in [0.2, 0.25) is 0 Å². The number of ketones is 1. The normalized spacial score (nSPS) is 10.3. The molecule has 0 radical (unpaired) electrons. The Kier molecular flexibility index (Phi) is 3.15. The number of benzene rings is 1. The zero-order valence-corrected chi connectivity index (χ0v) is 9.14. The maximum absolute atomic E-state index is 10.8. The Morgan fingerprint density at radius 3 is 2.75 bits per heavy atom. The average molecular weight is 215 g/mol. The second kappa shape index (κ2) is 4.75. The molecule has 0 N–H and O–H groups in total. The molecule has 0 aliphatic carbocycles. The minimum atomic E-state index is 0.152. The van der Waals surface area contributed by atoms with E-state index in [1.807, 2.05) is 30.3 Å². The lowest BCUT2D eigenvalue weighted by Crippen LogP contribution is -1.93. The van der Waals surface area contributed by atoms with E-state index in [-0.39, 0.29) is 5.78 Å². The van der Waals surface area contributed by atoms with Crippen molar-refractivity contribution in [2.75, 3.05) is 0 Å². The fourth-order valence-corrected chi connectivity index (χ4v) is 1.44. The lowest BCUT2D eigenvalue weighted by atomic mass is 10.2. The summed E-state index contributed by atoms with van der Waals surface area (Å²) < 4.78 is 5.56. The second-order valence-corrected chi connectivity index (χ2v) is 3.69. The van der Waals surface area contributed by atoms with Gasteiger partial charge in [0.15, 0.2) is 11.7 Å². The molecule has 2 aromatic rings. The van der Waals surface area contributed by atoms with Gasteiger partial charge in [-0.2, -0.15) is 0 Å². The number of carbonyl (C=O) groups excluding carboxylic acids is 1. The van der Waals surface area contributed by atoms with Gasteiger partial charge in [0.2, 0.25) is 0 Å². The number of aromatic nitrogens is 1. The van der Waals surface area contributed by atoms with Crippen LogP contribution in [0.4, 0.5) is 0 Å². The predicted molar refractivity (Wildman–Crippen MR) is 60.9 cm³/mol. The van der Waals surface area contributed by atoms with Crippen molar-refractivity contribution < 1.29 is 9.21 Å². The van der Waals surface area contributed by atoms with Gasteiger partial charge < -0.3 is 9.21 Å². The van der Waals surface area contributed by atoms with Gasteiger partial charge in [-0.15, -0.1) is 0 Å². The molecular formula is C13H13NO2. The molecule has 16 heavy (non-hydrogen) atoms. The Morgan fingerprint density at radius 1 is 1.31 bits per heavy atom. The molecule has 0 aliphatic heterocycles. The molecular weight excluding hydrogens is 202 g/mol. The molecule has 0 unspecified atom stereocenters. The van der Waals surface area contributed by atoms with E-state index in [0.717, 1.165) is 11.3 Å². The summed E-state index contributed by atoms with van der Waals surface area (Å²) in [7, 11) is 0. The van der Waals surface area contributed by atoms with Crippen molar-refractivity contribution in [1.29, 1.82) is 0 Å². The zero-order valence-electron chi connectivity index (χ0n) is 9.14. The third-order valence-electron chi connectivity index (χ3n) is 2.30. The van der Waals surface area contributed by atoms with Crippen LogP contribution in [0.3, 0.4) is 0 Å². The fraction of sp³-hybridized carbons (Fsp3) is 0.231. The van der Waals surface area contributed by atoms with E-state index in [1.54, 1.807) is 13.1 Å². The van der Waals surface area contributed by atoms with Gasteiger partial charge in [0, 0.05) is 18.4 Å². The standard InChI is InChI=1S/C13H13NO2/c1-10(15)7-8-13-14-9-12(16-13)11-5-3-2-4-6-11/h2-6,9H,7-8H2,1H3. The Bertz CT molecular complexity index is 474. The molecule has 0 spiro atoms. The third-order valence-corrected chi connectivity index (χ3v) is 2.30. The number of carbonyl (C=O) groups is 1. The van der Waals surface area contributed by atoms with Gasteiger partial charge in [0.25, 0.3) is 0 Å². The van der Waals surface area contributed by atoms with Crippen molar-refractivity contribution >= 4 is 5.78 Å². The highest BCUT2D eigenvalue weighted by Gasteiger charge is 2.06. The van der Waals surface area contributed by atoms with Gasteiger partial charge in [-0.05, 0) is 6.92 Å². The minimum Gasteiger partial charge on any atom is -0.441 e. The molecule has 3 nitrogen and oxygen atoms in total. The van der Waals surface area contributed by atoms with E-state index in [2.05, 4.69) is 4.98 Å². The molecule has 3 heteroatoms. The van der Waals surface area contributed by atoms with E-state index in [9.17, 15) is 4.79 Å². The van der Waals surface area contributed by atoms with Crippen molar-refractivity contribution in [2.24, 2.45) is 0 Å². The van der Waals surface area contributed by atoms with Crippen LogP contribution in [0.15, 0.2) is 40.9 Å². The Labute approximate surface area is 94.1 Å². The van der Waals surface area contributed by atoms with Gasteiger partial charge in [-0.25, -0.2) is 4.98 Å². The summed E-state index contributed by atoms with van der Waals surface area (Å²) in [5.41, 5.74) is 1.00. The largest absolute Gasteiger partial charge is 0.441 e. The summed E-state index contributed by atoms with van der Waals surface area (Å²) in [6, 6.07) is 9.79. The molecule has 2 rings (SSSR count). The van der Waals surface area contributed by atoms with Gasteiger partial charge in [0.1, 0.15) is 5.78 Å². The number of hydrogen-bond acceptors (Lipinski definition) is 3. The van der Waals surface area contributed by atoms with Crippen LogP contribution in [0.5, 0.6) is 0 Å². The summed E-state index contributed by atoms with van der Waals surface area (Å²) in [4.78, 5) is 15.0. The van der Waals surface area contributed by atoms with Crippen molar-refractivity contribution in [1.82, 2.24) is 4.98 Å². The van der Waals surface area contributed by atoms with E-state index in [4.69, 9.17) is 4.42 Å². The maximum Gasteiger partial charge on any atom is 0.195 e. The zero-order chi connectivity index (χ0) is 11.4. The Morgan fingerprint density at radius 2 is 2.06 bits per heavy atom. The van der Waals surface area contributed by atoms with E-state index >= 15 is 0 Å². The van der Waals surface area contributed by atoms with Crippen molar-refractivity contribution in [3.05, 3.63) is 42.4 Å². The first-order valence-corrected chi connectivity index (χ1v) is 5.25. The first-order chi connectivity index (χ1) is 7.75. The molecule has 0 fully saturated rings. The summed E-state index contributed by atoms with van der Waals surface area (Å²) in [5, 5.41) is 0. The van der Waals surface area contributed by atoms with Crippen molar-refractivity contribution in [3.8, 4) is 11.3 Å². The van der Waals surface area contributed by atoms with Gasteiger partial charge in [-0.1, -0.05) is 30.3 Å². The first-order valence-electron chi connectivity index (χ1n) is 5.25. The molecule has 82 valence electrons. The Hall–Kier alpha value is -1.90. The monoisotopic (exact) mass is 215 g/mol. The average Bonchev–Trinajstić information content (AvgIpc) is 2.76. The van der Waals surface area contributed by atoms with Crippen LogP contribution in [0, 0.1) is 0 Å². The number of Topliss-reactive ketones (excluding diaryl/α,β-unsaturated/α-hetero) is 1. The van der Waals surface area contributed by atoms with Crippen LogP contribution < -0.4 is 0 Å². The van der Waals surface area contributed by atoms with Crippen LogP contribution in [0.25, 0.3) is 11.3 Å². The molecule has 1 aromatic carbocycles. The topological polar surface area (TPSA) is 43.1 Å². The van der Waals surface area contributed by atoms with Gasteiger partial charge >= 0.3 is 0 Å². The molecule has 0 bridgehead atoms. The van der Waals surface area contributed by atoms with Crippen molar-refractivity contribution in [3.63, 3.8) is 0 Å². The van der Waals surface area contributed by atoms with Crippen LogP contribution in [-0.2, 0) is 11.2 Å². The third kappa shape index (κ3) is 2.57. The summed E-state index contributed by atoms with van der Waals surface area (Å²) in [5.74, 6) is 1.52. The summed E-state index contributed by atoms with van der Waals surface area (Å²) in [6.07, 6.45) is 2.75. The smallest absolute Gasteiger partial charge is 0.195 e. The molecule has 0 aliphatic rings. The molecule has 0 atom stereocenters. The SMILES string of the molecule is CC(=O)CCc1ncc(-c2ccccc2)o1. The fourth-order valence-electron chi connectivity index (χ4n) is 1.44. The maximum atomic E-state index is 10.8. The summed E-state index contributed by atoms with van der Waals surface area (Å²) in [6.45, 7) is 1.57. The Balaban J connectivity index is 2.11. The lowest BCUT2D eigenvalue weighted by Gasteiger charge is -1.94. The van der Waals surface area contributed by atoms with Crippen LogP contribution in [0.1, 0.15) is 19.2 Å². The molecule has 1 heterocycles. The minimum absolute atomic E-state index is 0.152. The van der Waals surface area contributed by atoms with Gasteiger partial charge in [0.05, 0.1) is 6.20 Å². The van der Waals surface area contributed by atoms with E-state index < -0.39 is 0 Å². The number of rotatable bonds is 4. The van der Waals surface area contributed by atoms with Gasteiger partial charge in [-0.3, -0.25) is 0 Å². The molecule has 0 saturated heterocycles.